The van der Waals surface area contributed by atoms with Crippen LogP contribution in [0.15, 0.2) is 0 Å². The molecule has 2 N–H and O–H groups in total. The Kier molecular flexibility index (Phi) is 7.28. The molecule has 0 aromatic heterocycles. The molecule has 3 aliphatic heterocycles. The van der Waals surface area contributed by atoms with E-state index in [4.69, 9.17) is 0 Å². The highest BCUT2D eigenvalue weighted by atomic mass is 32.2. The lowest BCUT2D eigenvalue weighted by Gasteiger charge is -2.43. The van der Waals surface area contributed by atoms with Gasteiger partial charge in [0.2, 0.25) is 15.9 Å². The Morgan fingerprint density at radius 2 is 1.61 bits per heavy atom. The van der Waals surface area contributed by atoms with E-state index in [1.54, 1.807) is 11.4 Å². The van der Waals surface area contributed by atoms with Gasteiger partial charge >= 0.3 is 0 Å². The normalized spacial score (nSPS) is 36.5. The number of piperidine rings is 2. The van der Waals surface area contributed by atoms with Crippen molar-refractivity contribution >= 4 is 15.9 Å². The molecule has 0 bridgehead atoms. The summed E-state index contributed by atoms with van der Waals surface area (Å²) in [5.74, 6) is 1.31. The van der Waals surface area contributed by atoms with Crippen molar-refractivity contribution in [1.82, 2.24) is 25.0 Å². The van der Waals surface area contributed by atoms with Gasteiger partial charge in [-0.2, -0.15) is 0 Å². The highest BCUT2D eigenvalue weighted by molar-refractivity contribution is 7.89. The van der Waals surface area contributed by atoms with Gasteiger partial charge < -0.3 is 10.2 Å². The maximum Gasteiger partial charge on any atom is 0.225 e. The maximum absolute atomic E-state index is 13.3. The second-order valence-electron chi connectivity index (χ2n) is 10.3. The molecule has 3 unspecified atom stereocenters. The van der Waals surface area contributed by atoms with Gasteiger partial charge in [-0.15, -0.1) is 0 Å². The lowest BCUT2D eigenvalue weighted by molar-refractivity contribution is -0.125. The van der Waals surface area contributed by atoms with Crippen LogP contribution in [0, 0.1) is 17.8 Å². The van der Waals surface area contributed by atoms with Gasteiger partial charge in [-0.3, -0.25) is 10.2 Å². The summed E-state index contributed by atoms with van der Waals surface area (Å²) >= 11 is 0. The minimum Gasteiger partial charge on any atom is -0.359 e. The van der Waals surface area contributed by atoms with Crippen LogP contribution in [0.1, 0.15) is 51.4 Å². The van der Waals surface area contributed by atoms with Gasteiger partial charge in [0.05, 0.1) is 11.2 Å². The Morgan fingerprint density at radius 1 is 0.968 bits per heavy atom. The van der Waals surface area contributed by atoms with Crippen molar-refractivity contribution in [2.24, 2.45) is 17.8 Å². The summed E-state index contributed by atoms with van der Waals surface area (Å²) in [7, 11) is 2.72. The maximum atomic E-state index is 13.3. The molecule has 0 spiro atoms. The third-order valence-electron chi connectivity index (χ3n) is 8.57. The first kappa shape index (κ1) is 23.4. The van der Waals surface area contributed by atoms with Crippen LogP contribution in [0.25, 0.3) is 0 Å². The predicted molar refractivity (Wildman–Crippen MR) is 122 cm³/mol. The fourth-order valence-electron chi connectivity index (χ4n) is 6.51. The van der Waals surface area contributed by atoms with Crippen molar-refractivity contribution in [1.29, 1.82) is 0 Å². The third-order valence-corrected chi connectivity index (χ3v) is 11.0. The van der Waals surface area contributed by atoms with Gasteiger partial charge in [0.15, 0.2) is 0 Å². The number of carbonyl (C=O) groups excluding carboxylic acids is 1. The summed E-state index contributed by atoms with van der Waals surface area (Å²) in [6.07, 6.45) is 7.64. The number of hydrazine groups is 1. The smallest absolute Gasteiger partial charge is 0.225 e. The summed E-state index contributed by atoms with van der Waals surface area (Å²) in [5, 5.41) is 4.89. The molecule has 31 heavy (non-hydrogen) atoms. The van der Waals surface area contributed by atoms with Crippen molar-refractivity contribution in [3.63, 3.8) is 0 Å². The fourth-order valence-corrected chi connectivity index (χ4v) is 8.52. The van der Waals surface area contributed by atoms with Crippen LogP contribution in [0.4, 0.5) is 0 Å². The number of hydrogen-bond acceptors (Lipinski definition) is 6. The molecule has 3 heterocycles. The van der Waals surface area contributed by atoms with Gasteiger partial charge in [0.1, 0.15) is 0 Å². The molecule has 0 aromatic rings. The SMILES string of the molecule is CNC(=O)C1CNN2CCC(C3CCN(S(=O)(=O)C4CCC(N(C)C)CC4)CC3)CC12. The quantitative estimate of drug-likeness (QED) is 0.640. The van der Waals surface area contributed by atoms with Crippen LogP contribution in [0.5, 0.6) is 0 Å². The minimum atomic E-state index is -3.18. The van der Waals surface area contributed by atoms with Crippen molar-refractivity contribution < 1.29 is 13.2 Å². The molecule has 178 valence electrons. The monoisotopic (exact) mass is 455 g/mol. The number of amides is 1. The summed E-state index contributed by atoms with van der Waals surface area (Å²) < 4.78 is 28.3. The summed E-state index contributed by atoms with van der Waals surface area (Å²) in [6.45, 7) is 3.05. The lowest BCUT2D eigenvalue weighted by atomic mass is 9.75. The van der Waals surface area contributed by atoms with Gasteiger partial charge in [-0.05, 0) is 77.3 Å². The topological polar surface area (TPSA) is 85.0 Å². The Labute approximate surface area is 188 Å². The number of hydrogen-bond donors (Lipinski definition) is 2. The van der Waals surface area contributed by atoms with E-state index in [2.05, 4.69) is 34.7 Å². The zero-order valence-corrected chi connectivity index (χ0v) is 20.2. The van der Waals surface area contributed by atoms with Crippen molar-refractivity contribution in [3.8, 4) is 0 Å². The van der Waals surface area contributed by atoms with E-state index in [-0.39, 0.29) is 23.1 Å². The van der Waals surface area contributed by atoms with Crippen molar-refractivity contribution in [2.75, 3.05) is 47.3 Å². The molecule has 0 aromatic carbocycles. The first-order valence-corrected chi connectivity index (χ1v) is 13.7. The molecule has 1 amide bonds. The number of fused-ring (bicyclic) bond motifs is 1. The summed E-state index contributed by atoms with van der Waals surface area (Å²) in [6, 6.07) is 0.791. The Morgan fingerprint density at radius 3 is 2.23 bits per heavy atom. The van der Waals surface area contributed by atoms with E-state index >= 15 is 0 Å². The highest BCUT2D eigenvalue weighted by Gasteiger charge is 2.45. The average Bonchev–Trinajstić information content (AvgIpc) is 3.22. The summed E-state index contributed by atoms with van der Waals surface area (Å²) in [4.78, 5) is 14.5. The van der Waals surface area contributed by atoms with E-state index in [9.17, 15) is 13.2 Å². The van der Waals surface area contributed by atoms with Gasteiger partial charge in [-0.25, -0.2) is 17.7 Å². The molecule has 3 atom stereocenters. The summed E-state index contributed by atoms with van der Waals surface area (Å²) in [5.41, 5.74) is 3.40. The fraction of sp³-hybridized carbons (Fsp3) is 0.955. The van der Waals surface area contributed by atoms with Crippen molar-refractivity contribution in [2.45, 2.75) is 68.7 Å². The molecular formula is C22H41N5O3S. The Bertz CT molecular complexity index is 729. The first-order chi connectivity index (χ1) is 14.8. The second kappa shape index (κ2) is 9.63. The molecule has 4 rings (SSSR count). The Balaban J connectivity index is 1.30. The number of nitrogens with one attached hydrogen (secondary N) is 2. The molecule has 0 radical (unpaired) electrons. The molecule has 4 fully saturated rings. The predicted octanol–water partition coefficient (Wildman–Crippen LogP) is 0.862. The van der Waals surface area contributed by atoms with E-state index < -0.39 is 10.0 Å². The molecule has 1 aliphatic carbocycles. The van der Waals surface area contributed by atoms with Crippen LogP contribution in [-0.2, 0) is 14.8 Å². The molecular weight excluding hydrogens is 414 g/mol. The van der Waals surface area contributed by atoms with Crippen LogP contribution in [-0.4, -0.2) is 93.2 Å². The van der Waals surface area contributed by atoms with Gasteiger partial charge in [0, 0.05) is 45.3 Å². The van der Waals surface area contributed by atoms with E-state index in [1.807, 2.05) is 0 Å². The van der Waals surface area contributed by atoms with Crippen LogP contribution < -0.4 is 10.7 Å². The zero-order chi connectivity index (χ0) is 22.2. The molecule has 1 saturated carbocycles. The van der Waals surface area contributed by atoms with E-state index in [0.29, 0.717) is 31.0 Å². The molecule has 3 saturated heterocycles. The average molecular weight is 456 g/mol. The minimum absolute atomic E-state index is 0.0190. The molecule has 4 aliphatic rings. The Hall–Kier alpha value is -0.740. The number of carbonyl (C=O) groups is 1. The molecule has 8 nitrogen and oxygen atoms in total. The van der Waals surface area contributed by atoms with E-state index in [0.717, 1.165) is 64.5 Å². The van der Waals surface area contributed by atoms with E-state index in [1.165, 1.54) is 0 Å². The van der Waals surface area contributed by atoms with Gasteiger partial charge in [0.25, 0.3) is 0 Å². The van der Waals surface area contributed by atoms with Gasteiger partial charge in [-0.1, -0.05) is 0 Å². The third kappa shape index (κ3) is 4.81. The number of nitrogens with zero attached hydrogens (tertiary/aromatic N) is 3. The first-order valence-electron chi connectivity index (χ1n) is 12.2. The second-order valence-corrected chi connectivity index (χ2v) is 12.5. The molecule has 9 heteroatoms. The van der Waals surface area contributed by atoms with Crippen LogP contribution in [0.3, 0.4) is 0 Å². The number of sulfonamides is 1. The largest absolute Gasteiger partial charge is 0.359 e. The van der Waals surface area contributed by atoms with Crippen LogP contribution >= 0.6 is 0 Å². The lowest BCUT2D eigenvalue weighted by Crippen LogP contribution is -2.50. The van der Waals surface area contributed by atoms with Crippen LogP contribution in [0.2, 0.25) is 0 Å². The standard InChI is InChI=1S/C22H41N5O3S/c1-23-22(28)20-15-24-27-13-10-17(14-21(20)27)16-8-11-26(12-9-16)31(29,30)19-6-4-18(5-7-19)25(2)3/h16-21,24H,4-15H2,1-3H3,(H,23,28). The zero-order valence-electron chi connectivity index (χ0n) is 19.4. The number of rotatable bonds is 5. The highest BCUT2D eigenvalue weighted by Crippen LogP contribution is 2.39. The van der Waals surface area contributed by atoms with Crippen molar-refractivity contribution in [3.05, 3.63) is 0 Å².